The number of alkyl halides is 3. The molecule has 3 aliphatic rings. The minimum absolute atomic E-state index is 0.00581. The van der Waals surface area contributed by atoms with Crippen molar-refractivity contribution >= 4 is 21.7 Å². The maximum absolute atomic E-state index is 14.8. The molecule has 5 rings (SSSR count). The van der Waals surface area contributed by atoms with E-state index in [-0.39, 0.29) is 33.9 Å². The van der Waals surface area contributed by atoms with Gasteiger partial charge in [0, 0.05) is 23.4 Å². The molecular weight excluding hydrogens is 512 g/mol. The predicted molar refractivity (Wildman–Crippen MR) is 126 cm³/mol. The van der Waals surface area contributed by atoms with Crippen LogP contribution in [0.5, 0.6) is 0 Å². The van der Waals surface area contributed by atoms with E-state index in [1.165, 1.54) is 29.2 Å². The van der Waals surface area contributed by atoms with Crippen LogP contribution in [-0.4, -0.2) is 43.5 Å². The monoisotopic (exact) mass is 538 g/mol. The molecule has 0 spiro atoms. The highest BCUT2D eigenvalue weighted by Gasteiger charge is 2.56. The molecule has 2 aromatic carbocycles. The molecule has 3 fully saturated rings. The van der Waals surface area contributed by atoms with Crippen LogP contribution in [0.25, 0.3) is 0 Å². The third-order valence-corrected chi connectivity index (χ3v) is 8.84. The summed E-state index contributed by atoms with van der Waals surface area (Å²) in [5.74, 6) is -1.97. The van der Waals surface area contributed by atoms with E-state index in [0.717, 1.165) is 31.2 Å². The number of sulfone groups is 1. The van der Waals surface area contributed by atoms with E-state index in [2.05, 4.69) is 5.32 Å². The molecule has 37 heavy (non-hydrogen) atoms. The van der Waals surface area contributed by atoms with Gasteiger partial charge in [0.2, 0.25) is 5.91 Å². The van der Waals surface area contributed by atoms with Crippen LogP contribution >= 0.6 is 0 Å². The molecule has 1 unspecified atom stereocenters. The molecule has 2 aromatic rings. The zero-order valence-corrected chi connectivity index (χ0v) is 20.8. The van der Waals surface area contributed by atoms with E-state index < -0.39 is 51.3 Å². The predicted octanol–water partition coefficient (Wildman–Crippen LogP) is 4.51. The number of halogens is 4. The maximum Gasteiger partial charge on any atom is 0.416 e. The van der Waals surface area contributed by atoms with Gasteiger partial charge in [-0.05, 0) is 67.9 Å². The zero-order chi connectivity index (χ0) is 26.7. The van der Waals surface area contributed by atoms with Gasteiger partial charge >= 0.3 is 6.18 Å². The second-order valence-electron chi connectivity index (χ2n) is 10.2. The van der Waals surface area contributed by atoms with Gasteiger partial charge in [0.1, 0.15) is 11.9 Å². The lowest BCUT2D eigenvalue weighted by atomic mass is 9.76. The number of nitrogens with one attached hydrogen (secondary N) is 1. The average molecular weight is 539 g/mol. The van der Waals surface area contributed by atoms with Crippen molar-refractivity contribution in [1.29, 1.82) is 0 Å². The number of carbonyl (C=O) groups is 2. The van der Waals surface area contributed by atoms with Crippen molar-refractivity contribution in [3.8, 4) is 0 Å². The largest absolute Gasteiger partial charge is 0.416 e. The van der Waals surface area contributed by atoms with Crippen LogP contribution in [0.4, 0.5) is 17.6 Å². The fourth-order valence-electron chi connectivity index (χ4n) is 5.42. The number of carbonyl (C=O) groups excluding carboxylic acids is 2. The van der Waals surface area contributed by atoms with E-state index in [4.69, 9.17) is 0 Å². The van der Waals surface area contributed by atoms with E-state index in [1.807, 2.05) is 0 Å². The van der Waals surface area contributed by atoms with Crippen LogP contribution in [0.2, 0.25) is 0 Å². The lowest BCUT2D eigenvalue weighted by molar-refractivity contribution is -0.137. The molecule has 1 aliphatic heterocycles. The summed E-state index contributed by atoms with van der Waals surface area (Å²) in [4.78, 5) is 28.3. The molecule has 1 saturated heterocycles. The van der Waals surface area contributed by atoms with Crippen LogP contribution in [0, 0.1) is 17.7 Å². The number of benzene rings is 2. The van der Waals surface area contributed by atoms with Gasteiger partial charge in [-0.3, -0.25) is 9.59 Å². The van der Waals surface area contributed by atoms with Gasteiger partial charge < -0.3 is 10.2 Å². The lowest BCUT2D eigenvalue weighted by Gasteiger charge is -2.36. The van der Waals surface area contributed by atoms with Crippen LogP contribution in [0.3, 0.4) is 0 Å². The third kappa shape index (κ3) is 4.97. The maximum atomic E-state index is 14.8. The highest BCUT2D eigenvalue weighted by Crippen LogP contribution is 2.49. The molecule has 2 aliphatic carbocycles. The normalized spacial score (nSPS) is 24.2. The van der Waals surface area contributed by atoms with Crippen molar-refractivity contribution in [1.82, 2.24) is 10.2 Å². The average Bonchev–Trinajstić information content (AvgIpc) is 3.45. The molecule has 1 N–H and O–H groups in total. The fraction of sp³-hybridized carbons (Fsp3) is 0.462. The van der Waals surface area contributed by atoms with Crippen molar-refractivity contribution in [3.05, 3.63) is 65.0 Å². The van der Waals surface area contributed by atoms with E-state index >= 15 is 0 Å². The Morgan fingerprint density at radius 1 is 1.08 bits per heavy atom. The number of hydrogen-bond acceptors (Lipinski definition) is 4. The SMILES string of the molecule is CS(=O)(=O)c1cccc(C(=O)N2[C@@H](C(=O)NC(c3ccc(C(F)(F)F)cc3F)C3CCC3)C[C@H]3C[C@H]32)c1. The number of fused-ring (bicyclic) bond motifs is 1. The van der Waals surface area contributed by atoms with Crippen LogP contribution in [0.1, 0.15) is 59.6 Å². The van der Waals surface area contributed by atoms with Gasteiger partial charge in [-0.2, -0.15) is 13.2 Å². The first kappa shape index (κ1) is 25.7. The summed E-state index contributed by atoms with van der Waals surface area (Å²) in [5, 5.41) is 2.84. The Morgan fingerprint density at radius 3 is 2.41 bits per heavy atom. The summed E-state index contributed by atoms with van der Waals surface area (Å²) in [7, 11) is -3.54. The first-order chi connectivity index (χ1) is 17.3. The van der Waals surface area contributed by atoms with Crippen molar-refractivity contribution < 1.29 is 35.6 Å². The first-order valence-corrected chi connectivity index (χ1v) is 14.0. The number of piperidine rings is 1. The molecule has 0 bridgehead atoms. The molecule has 198 valence electrons. The topological polar surface area (TPSA) is 83.6 Å². The smallest absolute Gasteiger partial charge is 0.347 e. The summed E-state index contributed by atoms with van der Waals surface area (Å²) in [6.07, 6.45) is -0.226. The Bertz CT molecular complexity index is 1360. The van der Waals surface area contributed by atoms with Crippen molar-refractivity contribution in [3.63, 3.8) is 0 Å². The molecule has 4 atom stereocenters. The second kappa shape index (κ2) is 9.11. The highest BCUT2D eigenvalue weighted by molar-refractivity contribution is 7.90. The Hall–Kier alpha value is -2.95. The van der Waals surface area contributed by atoms with Gasteiger partial charge in [0.25, 0.3) is 5.91 Å². The number of hydrogen-bond donors (Lipinski definition) is 1. The summed E-state index contributed by atoms with van der Waals surface area (Å²) >= 11 is 0. The third-order valence-electron chi connectivity index (χ3n) is 7.73. The minimum atomic E-state index is -4.69. The molecule has 1 heterocycles. The molecule has 6 nitrogen and oxygen atoms in total. The van der Waals surface area contributed by atoms with Gasteiger partial charge in [-0.1, -0.05) is 18.6 Å². The van der Waals surface area contributed by atoms with Crippen molar-refractivity contribution in [2.45, 2.75) is 61.3 Å². The molecule has 0 aromatic heterocycles. The first-order valence-electron chi connectivity index (χ1n) is 12.1. The quantitative estimate of drug-likeness (QED) is 0.549. The van der Waals surface area contributed by atoms with E-state index in [9.17, 15) is 35.6 Å². The van der Waals surface area contributed by atoms with Gasteiger partial charge in [0.15, 0.2) is 9.84 Å². The highest BCUT2D eigenvalue weighted by atomic mass is 32.2. The number of nitrogens with zero attached hydrogens (tertiary/aromatic N) is 1. The van der Waals surface area contributed by atoms with Crippen LogP contribution in [0.15, 0.2) is 47.4 Å². The number of rotatable bonds is 6. The van der Waals surface area contributed by atoms with Crippen molar-refractivity contribution in [2.75, 3.05) is 6.26 Å². The van der Waals surface area contributed by atoms with Crippen LogP contribution in [-0.2, 0) is 20.8 Å². The summed E-state index contributed by atoms with van der Waals surface area (Å²) < 4.78 is 77.8. The number of likely N-dealkylation sites (tertiary alicyclic amines) is 1. The van der Waals surface area contributed by atoms with Crippen LogP contribution < -0.4 is 5.32 Å². The second-order valence-corrected chi connectivity index (χ2v) is 12.3. The van der Waals surface area contributed by atoms with Gasteiger partial charge in [-0.15, -0.1) is 0 Å². The molecule has 11 heteroatoms. The molecular formula is C26H26F4N2O4S. The van der Waals surface area contributed by atoms with Gasteiger partial charge in [0.05, 0.1) is 16.5 Å². The Morgan fingerprint density at radius 2 is 1.81 bits per heavy atom. The summed E-state index contributed by atoms with van der Waals surface area (Å²) in [6, 6.07) is 6.19. The van der Waals surface area contributed by atoms with Crippen molar-refractivity contribution in [2.24, 2.45) is 11.8 Å². The Kier molecular flexibility index (Phi) is 6.32. The Labute approximate surface area is 212 Å². The standard InChI is InChI=1S/C26H26F4N2O4S/c1-37(35,36)18-7-3-6-15(10-18)25(34)32-21-11-16(21)12-22(32)24(33)31-23(14-4-2-5-14)19-9-8-17(13-20(19)27)26(28,29)30/h3,6-10,13-14,16,21-23H,2,4-5,11-12H2,1H3,(H,31,33)/t16-,21-,22-,23?/m1/s1. The Balaban J connectivity index is 1.39. The summed E-state index contributed by atoms with van der Waals surface area (Å²) in [6.45, 7) is 0. The zero-order valence-electron chi connectivity index (χ0n) is 20.0. The van der Waals surface area contributed by atoms with Gasteiger partial charge in [-0.25, -0.2) is 12.8 Å². The molecule has 0 radical (unpaired) electrons. The minimum Gasteiger partial charge on any atom is -0.347 e. The van der Waals surface area contributed by atoms with E-state index in [1.54, 1.807) is 0 Å². The molecule has 2 saturated carbocycles. The fourth-order valence-corrected chi connectivity index (χ4v) is 6.09. The number of amides is 2. The summed E-state index contributed by atoms with van der Waals surface area (Å²) in [5.41, 5.74) is -0.957. The lowest BCUT2D eigenvalue weighted by Crippen LogP contribution is -2.50. The molecule has 2 amide bonds. The van der Waals surface area contributed by atoms with E-state index in [0.29, 0.717) is 25.3 Å².